The van der Waals surface area contributed by atoms with Crippen LogP contribution in [0.25, 0.3) is 12.2 Å². The zero-order valence-electron chi connectivity index (χ0n) is 18.3. The van der Waals surface area contributed by atoms with Crippen molar-refractivity contribution in [2.24, 2.45) is 0 Å². The molecule has 0 saturated carbocycles. The number of nitrogens with zero attached hydrogens (tertiary/aromatic N) is 2. The first-order chi connectivity index (χ1) is 14.0. The van der Waals surface area contributed by atoms with Crippen LogP contribution < -0.4 is 23.8 Å². The second kappa shape index (κ2) is 10.1. The van der Waals surface area contributed by atoms with Crippen LogP contribution in [-0.2, 0) is 4.29 Å². The predicted molar refractivity (Wildman–Crippen MR) is 114 cm³/mol. The van der Waals surface area contributed by atoms with Gasteiger partial charge in [0, 0.05) is 39.6 Å². The summed E-state index contributed by atoms with van der Waals surface area (Å²) in [4.78, 5) is 4.00. The molecule has 0 aliphatic rings. The lowest BCUT2D eigenvalue weighted by atomic mass is 10.0. The molecule has 0 saturated heterocycles. The van der Waals surface area contributed by atoms with Crippen molar-refractivity contribution in [3.63, 3.8) is 0 Å². The molecule has 0 heterocycles. The first-order valence-electron chi connectivity index (χ1n) is 9.48. The molecule has 0 aliphatic heterocycles. The molecule has 0 bridgehead atoms. The molecule has 2 aromatic carbocycles. The van der Waals surface area contributed by atoms with Crippen molar-refractivity contribution in [2.45, 2.75) is 20.0 Å². The monoisotopic (exact) mass is 432 g/mol. The van der Waals surface area contributed by atoms with Crippen molar-refractivity contribution in [3.8, 4) is 0 Å². The Balaban J connectivity index is 2.26. The van der Waals surface area contributed by atoms with Gasteiger partial charge in [0.1, 0.15) is 0 Å². The summed E-state index contributed by atoms with van der Waals surface area (Å²) in [7, 11) is 3.29. The van der Waals surface area contributed by atoms with Crippen LogP contribution in [0.15, 0.2) is 48.6 Å². The molecule has 162 valence electrons. The van der Waals surface area contributed by atoms with Crippen molar-refractivity contribution in [3.05, 3.63) is 70.8 Å². The van der Waals surface area contributed by atoms with Crippen LogP contribution in [0, 0.1) is 24.1 Å². The molecule has 6 nitrogen and oxygen atoms in total. The van der Waals surface area contributed by atoms with E-state index in [0.29, 0.717) is 0 Å². The van der Waals surface area contributed by atoms with Gasteiger partial charge in [0.2, 0.25) is 0 Å². The summed E-state index contributed by atoms with van der Waals surface area (Å²) >= 11 is 0. The van der Waals surface area contributed by atoms with Crippen molar-refractivity contribution < 1.29 is 28.5 Å². The third kappa shape index (κ3) is 7.16. The highest BCUT2D eigenvalue weighted by atomic mass is 35.7. The number of rotatable bonds is 8. The molecular formula is C23H29ClN2O4. The number of hydrogen-bond donors (Lipinski definition) is 0. The largest absolute Gasteiger partial charge is 0.378 e. The number of aryl methyl sites for hydroxylation is 2. The minimum atomic E-state index is -4.56. The fourth-order valence-electron chi connectivity index (χ4n) is 2.90. The molecule has 2 rings (SSSR count). The van der Waals surface area contributed by atoms with Gasteiger partial charge >= 0.3 is 0 Å². The lowest BCUT2D eigenvalue weighted by Gasteiger charge is -2.16. The Morgan fingerprint density at radius 1 is 0.767 bits per heavy atom. The molecule has 30 heavy (non-hydrogen) atoms. The first kappa shape index (κ1) is 23.9. The summed E-state index contributed by atoms with van der Waals surface area (Å²) in [5, 5.41) is 0. The van der Waals surface area contributed by atoms with Crippen molar-refractivity contribution in [1.82, 2.24) is 0 Å². The van der Waals surface area contributed by atoms with Gasteiger partial charge in [-0.1, -0.05) is 24.3 Å². The highest BCUT2D eigenvalue weighted by Gasteiger charge is 2.24. The lowest BCUT2D eigenvalue weighted by molar-refractivity contribution is -1.92. The smallest absolute Gasteiger partial charge is 0.251 e. The second-order valence-corrected chi connectivity index (χ2v) is 8.45. The third-order valence-corrected chi connectivity index (χ3v) is 5.11. The van der Waals surface area contributed by atoms with Gasteiger partial charge in [0.25, 0.3) is 6.10 Å². The molecule has 2 aromatic rings. The van der Waals surface area contributed by atoms with E-state index in [-0.39, 0.29) is 0 Å². The standard InChI is InChI=1S/C23H29ClN2O4/c1-17-15-21(25(3)4)11-7-19(17)9-13-23(30-24(27,28)29)14-10-20-8-12-22(26(5)6)16-18(20)2/h7-16,23H,1-6H3. The molecule has 0 aromatic heterocycles. The van der Waals surface area contributed by atoms with Crippen molar-refractivity contribution in [1.29, 1.82) is 0 Å². The van der Waals surface area contributed by atoms with Gasteiger partial charge in [0.15, 0.2) is 0 Å². The van der Waals surface area contributed by atoms with Crippen LogP contribution in [0.1, 0.15) is 22.3 Å². The van der Waals surface area contributed by atoms with E-state index in [1.807, 2.05) is 88.2 Å². The van der Waals surface area contributed by atoms with E-state index in [1.54, 1.807) is 24.3 Å². The van der Waals surface area contributed by atoms with Crippen molar-refractivity contribution in [2.75, 3.05) is 38.0 Å². The third-order valence-electron chi connectivity index (χ3n) is 4.68. The van der Waals surface area contributed by atoms with E-state index in [2.05, 4.69) is 4.29 Å². The van der Waals surface area contributed by atoms with Crippen LogP contribution in [0.5, 0.6) is 0 Å². The topological polar surface area (TPSA) is 84.9 Å². The number of hydrogen-bond acceptors (Lipinski definition) is 6. The summed E-state index contributed by atoms with van der Waals surface area (Å²) in [5.41, 5.74) is 6.00. The fourth-order valence-corrected chi connectivity index (χ4v) is 3.27. The Hall–Kier alpha value is -2.35. The highest BCUT2D eigenvalue weighted by molar-refractivity contribution is 5.62. The van der Waals surface area contributed by atoms with Crippen LogP contribution in [-0.4, -0.2) is 34.3 Å². The Kier molecular flexibility index (Phi) is 8.06. The number of halogens is 1. The van der Waals surface area contributed by atoms with Gasteiger partial charge in [-0.05, 0) is 72.5 Å². The van der Waals surface area contributed by atoms with E-state index >= 15 is 0 Å². The zero-order valence-corrected chi connectivity index (χ0v) is 19.0. The maximum absolute atomic E-state index is 11.2. The minimum absolute atomic E-state index is 0.911. The first-order valence-corrected chi connectivity index (χ1v) is 10.7. The quantitative estimate of drug-likeness (QED) is 0.627. The van der Waals surface area contributed by atoms with Gasteiger partial charge in [-0.2, -0.15) is 14.0 Å². The highest BCUT2D eigenvalue weighted by Crippen LogP contribution is 2.21. The Morgan fingerprint density at radius 3 is 1.47 bits per heavy atom. The zero-order chi connectivity index (χ0) is 22.5. The Labute approximate surface area is 181 Å². The Morgan fingerprint density at radius 2 is 1.17 bits per heavy atom. The molecule has 0 amide bonds. The molecular weight excluding hydrogens is 404 g/mol. The molecule has 0 atom stereocenters. The van der Waals surface area contributed by atoms with E-state index in [0.717, 1.165) is 33.6 Å². The minimum Gasteiger partial charge on any atom is -0.378 e. The molecule has 0 spiro atoms. The van der Waals surface area contributed by atoms with Crippen LogP contribution >= 0.6 is 0 Å². The van der Waals surface area contributed by atoms with Crippen LogP contribution in [0.2, 0.25) is 0 Å². The summed E-state index contributed by atoms with van der Waals surface area (Å²) in [5.74, 6) is 0. The molecule has 0 aliphatic carbocycles. The molecule has 0 fully saturated rings. The summed E-state index contributed by atoms with van der Waals surface area (Å²) < 4.78 is 38.1. The molecule has 0 radical (unpaired) electrons. The van der Waals surface area contributed by atoms with Gasteiger partial charge in [-0.3, -0.25) is 0 Å². The normalized spacial score (nSPS) is 13.2. The van der Waals surface area contributed by atoms with Gasteiger partial charge in [0.05, 0.1) is 14.5 Å². The van der Waals surface area contributed by atoms with Crippen LogP contribution in [0.3, 0.4) is 0 Å². The average Bonchev–Trinajstić information content (AvgIpc) is 2.64. The molecule has 0 N–H and O–H groups in total. The predicted octanol–water partition coefficient (Wildman–Crippen LogP) is 1.44. The summed E-state index contributed by atoms with van der Waals surface area (Å²) in [6.07, 6.45) is 5.61. The maximum atomic E-state index is 11.2. The fraction of sp³-hybridized carbons (Fsp3) is 0.304. The Bertz CT molecular complexity index is 850. The molecule has 7 heteroatoms. The van der Waals surface area contributed by atoms with E-state index in [4.69, 9.17) is 0 Å². The van der Waals surface area contributed by atoms with Gasteiger partial charge < -0.3 is 9.80 Å². The maximum Gasteiger partial charge on any atom is 0.251 e. The number of benzene rings is 2. The average molecular weight is 433 g/mol. The van der Waals surface area contributed by atoms with E-state index in [9.17, 15) is 14.0 Å². The van der Waals surface area contributed by atoms with Crippen LogP contribution in [0.4, 0.5) is 11.4 Å². The number of anilines is 2. The van der Waals surface area contributed by atoms with Crippen molar-refractivity contribution >= 4 is 23.5 Å². The SMILES string of the molecule is Cc1cc(N(C)C)ccc1C=CC(C=Cc1ccc(N(C)C)cc1C)O[Cl+3]([O-])([O-])[O-]. The summed E-state index contributed by atoms with van der Waals surface area (Å²) in [6.45, 7) is 3.94. The van der Waals surface area contributed by atoms with E-state index in [1.165, 1.54) is 0 Å². The summed E-state index contributed by atoms with van der Waals surface area (Å²) in [6, 6.07) is 11.9. The van der Waals surface area contributed by atoms with E-state index < -0.39 is 16.3 Å². The van der Waals surface area contributed by atoms with Gasteiger partial charge in [-0.25, -0.2) is 0 Å². The second-order valence-electron chi connectivity index (χ2n) is 7.52. The molecule has 0 unspecified atom stereocenters. The van der Waals surface area contributed by atoms with Gasteiger partial charge in [-0.15, -0.1) is 0 Å². The lowest BCUT2D eigenvalue weighted by Crippen LogP contribution is -2.62.